The van der Waals surface area contributed by atoms with E-state index < -0.39 is 11.5 Å². The Labute approximate surface area is 170 Å². The SMILES string of the molecule is Cc1ccc(-c2ccccc2NC(=O)Cn2nc(-c3cccs3)cc(N)c2=O)o1. The van der Waals surface area contributed by atoms with Gasteiger partial charge in [-0.15, -0.1) is 11.3 Å². The zero-order valence-corrected chi connectivity index (χ0v) is 16.4. The Morgan fingerprint density at radius 2 is 2.03 bits per heavy atom. The topological polar surface area (TPSA) is 103 Å². The molecule has 8 heteroatoms. The quantitative estimate of drug-likeness (QED) is 0.525. The van der Waals surface area contributed by atoms with Gasteiger partial charge in [-0.2, -0.15) is 5.10 Å². The van der Waals surface area contributed by atoms with E-state index in [4.69, 9.17) is 10.2 Å². The molecule has 4 aromatic rings. The van der Waals surface area contributed by atoms with Gasteiger partial charge in [-0.05, 0) is 48.7 Å². The van der Waals surface area contributed by atoms with E-state index in [2.05, 4.69) is 10.4 Å². The van der Waals surface area contributed by atoms with Gasteiger partial charge in [-0.1, -0.05) is 18.2 Å². The van der Waals surface area contributed by atoms with Crippen LogP contribution in [0.4, 0.5) is 11.4 Å². The molecule has 4 rings (SSSR count). The predicted octanol–water partition coefficient (Wildman–Crippen LogP) is 3.76. The van der Waals surface area contributed by atoms with Crippen molar-refractivity contribution in [1.29, 1.82) is 0 Å². The number of thiophene rings is 1. The molecule has 0 saturated carbocycles. The second-order valence-corrected chi connectivity index (χ2v) is 7.38. The molecular weight excluding hydrogens is 388 g/mol. The summed E-state index contributed by atoms with van der Waals surface area (Å²) >= 11 is 1.48. The highest BCUT2D eigenvalue weighted by Gasteiger charge is 2.14. The maximum atomic E-state index is 12.7. The summed E-state index contributed by atoms with van der Waals surface area (Å²) in [5, 5.41) is 9.03. The maximum Gasteiger partial charge on any atom is 0.290 e. The summed E-state index contributed by atoms with van der Waals surface area (Å²) in [5.74, 6) is 1.04. The summed E-state index contributed by atoms with van der Waals surface area (Å²) in [6.07, 6.45) is 0. The Balaban J connectivity index is 1.60. The number of carbonyl (C=O) groups excluding carboxylic acids is 1. The fourth-order valence-electron chi connectivity index (χ4n) is 2.93. The molecule has 0 atom stereocenters. The first kappa shape index (κ1) is 18.7. The van der Waals surface area contributed by atoms with Crippen LogP contribution in [0.3, 0.4) is 0 Å². The van der Waals surface area contributed by atoms with Crippen LogP contribution in [0.15, 0.2) is 69.2 Å². The van der Waals surface area contributed by atoms with Crippen LogP contribution >= 0.6 is 11.3 Å². The van der Waals surface area contributed by atoms with Gasteiger partial charge in [0.05, 0.1) is 10.6 Å². The largest absolute Gasteiger partial charge is 0.461 e. The van der Waals surface area contributed by atoms with E-state index >= 15 is 0 Å². The lowest BCUT2D eigenvalue weighted by molar-refractivity contribution is -0.117. The Morgan fingerprint density at radius 3 is 2.76 bits per heavy atom. The number of nitrogens with zero attached hydrogens (tertiary/aromatic N) is 2. The first-order valence-corrected chi connectivity index (χ1v) is 9.76. The highest BCUT2D eigenvalue weighted by atomic mass is 32.1. The molecule has 3 aromatic heterocycles. The summed E-state index contributed by atoms with van der Waals surface area (Å²) in [5.41, 5.74) is 7.27. The van der Waals surface area contributed by atoms with Crippen LogP contribution in [0.2, 0.25) is 0 Å². The van der Waals surface area contributed by atoms with E-state index in [1.165, 1.54) is 17.4 Å². The minimum atomic E-state index is -0.504. The second kappa shape index (κ2) is 7.76. The van der Waals surface area contributed by atoms with Crippen LogP contribution in [-0.4, -0.2) is 15.7 Å². The Kier molecular flexibility index (Phi) is 5.01. The average Bonchev–Trinajstić information content (AvgIpc) is 3.37. The molecule has 0 aliphatic rings. The monoisotopic (exact) mass is 406 g/mol. The molecule has 3 heterocycles. The fourth-order valence-corrected chi connectivity index (χ4v) is 3.61. The first-order chi connectivity index (χ1) is 14.0. The van der Waals surface area contributed by atoms with Gasteiger partial charge in [-0.25, -0.2) is 4.68 Å². The van der Waals surface area contributed by atoms with Crippen LogP contribution in [0.5, 0.6) is 0 Å². The first-order valence-electron chi connectivity index (χ1n) is 8.88. The molecule has 0 radical (unpaired) electrons. The van der Waals surface area contributed by atoms with E-state index in [0.29, 0.717) is 17.1 Å². The van der Waals surface area contributed by atoms with Gasteiger partial charge in [0.25, 0.3) is 5.56 Å². The van der Waals surface area contributed by atoms with Crippen LogP contribution in [-0.2, 0) is 11.3 Å². The van der Waals surface area contributed by atoms with Gasteiger partial charge in [-0.3, -0.25) is 9.59 Å². The number of nitrogens with one attached hydrogen (secondary N) is 1. The van der Waals surface area contributed by atoms with Crippen LogP contribution in [0.25, 0.3) is 21.9 Å². The number of carbonyl (C=O) groups is 1. The predicted molar refractivity (Wildman–Crippen MR) is 114 cm³/mol. The van der Waals surface area contributed by atoms with Gasteiger partial charge < -0.3 is 15.5 Å². The minimum Gasteiger partial charge on any atom is -0.461 e. The number of furan rings is 1. The molecule has 0 fully saturated rings. The fraction of sp³-hybridized carbons (Fsp3) is 0.0952. The zero-order valence-electron chi connectivity index (χ0n) is 15.6. The van der Waals surface area contributed by atoms with Crippen molar-refractivity contribution in [3.8, 4) is 21.9 Å². The van der Waals surface area contributed by atoms with Crippen molar-refractivity contribution in [3.63, 3.8) is 0 Å². The summed E-state index contributed by atoms with van der Waals surface area (Å²) < 4.78 is 6.75. The van der Waals surface area contributed by atoms with Gasteiger partial charge >= 0.3 is 0 Å². The summed E-state index contributed by atoms with van der Waals surface area (Å²) in [6.45, 7) is 1.60. The number of hydrogen-bond acceptors (Lipinski definition) is 6. The average molecular weight is 406 g/mol. The van der Waals surface area contributed by atoms with Crippen molar-refractivity contribution in [2.24, 2.45) is 0 Å². The number of benzene rings is 1. The van der Waals surface area contributed by atoms with Gasteiger partial charge in [0.2, 0.25) is 5.91 Å². The third kappa shape index (κ3) is 3.97. The smallest absolute Gasteiger partial charge is 0.290 e. The summed E-state index contributed by atoms with van der Waals surface area (Å²) in [6, 6.07) is 16.3. The molecule has 0 aliphatic heterocycles. The normalized spacial score (nSPS) is 10.8. The molecule has 1 aromatic carbocycles. The van der Waals surface area contributed by atoms with Crippen LogP contribution < -0.4 is 16.6 Å². The molecule has 29 heavy (non-hydrogen) atoms. The van der Waals surface area contributed by atoms with Crippen molar-refractivity contribution < 1.29 is 9.21 Å². The molecular formula is C21H18N4O3S. The number of nitrogen functional groups attached to an aromatic ring is 1. The molecule has 146 valence electrons. The number of para-hydroxylation sites is 1. The van der Waals surface area contributed by atoms with Gasteiger partial charge in [0.1, 0.15) is 29.4 Å². The van der Waals surface area contributed by atoms with E-state index in [1.807, 2.05) is 54.8 Å². The second-order valence-electron chi connectivity index (χ2n) is 6.43. The number of nitrogens with two attached hydrogens (primary N) is 1. The van der Waals surface area contributed by atoms with E-state index in [-0.39, 0.29) is 12.2 Å². The van der Waals surface area contributed by atoms with Crippen molar-refractivity contribution in [1.82, 2.24) is 9.78 Å². The van der Waals surface area contributed by atoms with Crippen LogP contribution in [0, 0.1) is 6.92 Å². The van der Waals surface area contributed by atoms with Crippen molar-refractivity contribution in [3.05, 3.63) is 76.1 Å². The molecule has 7 nitrogen and oxygen atoms in total. The van der Waals surface area contributed by atoms with Crippen LogP contribution in [0.1, 0.15) is 5.76 Å². The molecule has 1 amide bonds. The lowest BCUT2D eigenvalue weighted by Crippen LogP contribution is -2.31. The maximum absolute atomic E-state index is 12.7. The van der Waals surface area contributed by atoms with Crippen molar-refractivity contribution >= 4 is 28.6 Å². The van der Waals surface area contributed by atoms with E-state index in [9.17, 15) is 9.59 Å². The lowest BCUT2D eigenvalue weighted by Gasteiger charge is -2.11. The third-order valence-electron chi connectivity index (χ3n) is 4.28. The summed E-state index contributed by atoms with van der Waals surface area (Å²) in [4.78, 5) is 25.9. The van der Waals surface area contributed by atoms with Crippen molar-refractivity contribution in [2.75, 3.05) is 11.1 Å². The molecule has 3 N–H and O–H groups in total. The number of aryl methyl sites for hydroxylation is 1. The number of rotatable bonds is 5. The molecule has 0 spiro atoms. The zero-order chi connectivity index (χ0) is 20.4. The Morgan fingerprint density at radius 1 is 1.21 bits per heavy atom. The highest BCUT2D eigenvalue weighted by Crippen LogP contribution is 2.29. The van der Waals surface area contributed by atoms with Crippen molar-refractivity contribution in [2.45, 2.75) is 13.5 Å². The lowest BCUT2D eigenvalue weighted by atomic mass is 10.1. The molecule has 0 aliphatic carbocycles. The Hall–Kier alpha value is -3.65. The van der Waals surface area contributed by atoms with E-state index in [1.54, 1.807) is 6.07 Å². The summed E-state index contributed by atoms with van der Waals surface area (Å²) in [7, 11) is 0. The highest BCUT2D eigenvalue weighted by molar-refractivity contribution is 7.13. The molecule has 0 saturated heterocycles. The third-order valence-corrected chi connectivity index (χ3v) is 5.17. The molecule has 0 bridgehead atoms. The standard InChI is InChI=1S/C21H18N4O3S/c1-13-8-9-18(28-13)14-5-2-3-6-16(14)23-20(26)12-25-21(27)15(22)11-17(24-25)19-7-4-10-29-19/h2-11H,12,22H2,1H3,(H,23,26). The Bertz CT molecular complexity index is 1220. The number of anilines is 2. The molecule has 0 unspecified atom stereocenters. The number of hydrogen-bond donors (Lipinski definition) is 2. The van der Waals surface area contributed by atoms with Gasteiger partial charge in [0, 0.05) is 5.56 Å². The van der Waals surface area contributed by atoms with Gasteiger partial charge in [0.15, 0.2) is 0 Å². The minimum absolute atomic E-state index is 0.0441. The number of aromatic nitrogens is 2. The number of amides is 1. The van der Waals surface area contributed by atoms with E-state index in [0.717, 1.165) is 20.9 Å².